The van der Waals surface area contributed by atoms with Gasteiger partial charge in [-0.25, -0.2) is 14.9 Å². The minimum Gasteiger partial charge on any atom is -0.305 e. The molecule has 0 radical (unpaired) electrons. The standard InChI is InChI=1S/C20H20N6O3/c1-24-18(28)11-26(20(24)29)16-7-14(13-3-4-13)9-25-10-15(22-19(16)25)5-2-12-6-17(27)23-21-8-12/h6-10,13H,2-5,11H2,1H3,(H,23,27). The molecular weight excluding hydrogens is 372 g/mol. The van der Waals surface area contributed by atoms with Gasteiger partial charge >= 0.3 is 6.03 Å². The number of nitrogens with zero attached hydrogens (tertiary/aromatic N) is 5. The quantitative estimate of drug-likeness (QED) is 0.663. The van der Waals surface area contributed by atoms with E-state index in [9.17, 15) is 14.4 Å². The number of carbonyl (C=O) groups excluding carboxylic acids is 2. The molecule has 3 amide bonds. The van der Waals surface area contributed by atoms with Crippen LogP contribution in [0.4, 0.5) is 10.5 Å². The van der Waals surface area contributed by atoms with Crippen molar-refractivity contribution in [1.29, 1.82) is 0 Å². The smallest absolute Gasteiger partial charge is 0.305 e. The number of hydrogen-bond donors (Lipinski definition) is 1. The topological polar surface area (TPSA) is 104 Å². The summed E-state index contributed by atoms with van der Waals surface area (Å²) in [5, 5.41) is 6.19. The maximum atomic E-state index is 12.6. The van der Waals surface area contributed by atoms with E-state index in [0.717, 1.165) is 34.6 Å². The monoisotopic (exact) mass is 392 g/mol. The Bertz CT molecular complexity index is 1190. The van der Waals surface area contributed by atoms with E-state index in [1.807, 2.05) is 16.7 Å². The lowest BCUT2D eigenvalue weighted by Crippen LogP contribution is -2.30. The molecule has 0 atom stereocenters. The third-order valence-corrected chi connectivity index (χ3v) is 5.52. The van der Waals surface area contributed by atoms with Gasteiger partial charge in [0.1, 0.15) is 6.54 Å². The minimum absolute atomic E-state index is 0.0275. The van der Waals surface area contributed by atoms with Crippen molar-refractivity contribution in [2.75, 3.05) is 18.5 Å². The first kappa shape index (κ1) is 17.6. The lowest BCUT2D eigenvalue weighted by atomic mass is 10.1. The predicted octanol–water partition coefficient (Wildman–Crippen LogP) is 1.48. The van der Waals surface area contributed by atoms with Gasteiger partial charge in [-0.3, -0.25) is 19.4 Å². The van der Waals surface area contributed by atoms with Crippen LogP contribution in [0.15, 0.2) is 35.5 Å². The van der Waals surface area contributed by atoms with Crippen LogP contribution in [0.3, 0.4) is 0 Å². The average Bonchev–Trinajstić information content (AvgIpc) is 3.42. The largest absolute Gasteiger partial charge is 0.331 e. The number of carbonyl (C=O) groups is 2. The highest BCUT2D eigenvalue weighted by Crippen LogP contribution is 2.42. The van der Waals surface area contributed by atoms with Gasteiger partial charge in [0.05, 0.1) is 17.6 Å². The number of imide groups is 1. The zero-order valence-corrected chi connectivity index (χ0v) is 16.0. The van der Waals surface area contributed by atoms with Gasteiger partial charge in [-0.15, -0.1) is 0 Å². The van der Waals surface area contributed by atoms with Crippen LogP contribution in [-0.4, -0.2) is 50.0 Å². The van der Waals surface area contributed by atoms with Crippen molar-refractivity contribution in [3.8, 4) is 0 Å². The summed E-state index contributed by atoms with van der Waals surface area (Å²) in [5.41, 5.74) is 3.95. The minimum atomic E-state index is -0.330. The van der Waals surface area contributed by atoms with Crippen molar-refractivity contribution in [3.63, 3.8) is 0 Å². The summed E-state index contributed by atoms with van der Waals surface area (Å²) in [5.74, 6) is 0.274. The van der Waals surface area contributed by atoms with E-state index >= 15 is 0 Å². The van der Waals surface area contributed by atoms with E-state index in [-0.39, 0.29) is 24.0 Å². The number of H-pyrrole nitrogens is 1. The molecule has 0 bridgehead atoms. The van der Waals surface area contributed by atoms with Gasteiger partial charge < -0.3 is 4.40 Å². The molecule has 3 aromatic heterocycles. The fourth-order valence-corrected chi connectivity index (χ4v) is 3.72. The van der Waals surface area contributed by atoms with E-state index in [1.165, 1.54) is 18.0 Å². The van der Waals surface area contributed by atoms with Gasteiger partial charge in [0, 0.05) is 25.5 Å². The third kappa shape index (κ3) is 3.18. The van der Waals surface area contributed by atoms with Crippen LogP contribution in [0.5, 0.6) is 0 Å². The molecule has 1 saturated heterocycles. The van der Waals surface area contributed by atoms with E-state index in [2.05, 4.69) is 16.4 Å². The van der Waals surface area contributed by atoms with Crippen LogP contribution < -0.4 is 10.5 Å². The van der Waals surface area contributed by atoms with Crippen LogP contribution in [0.25, 0.3) is 5.65 Å². The molecule has 1 aliphatic heterocycles. The summed E-state index contributed by atoms with van der Waals surface area (Å²) in [4.78, 5) is 43.4. The second kappa shape index (κ2) is 6.54. The molecule has 1 aliphatic carbocycles. The lowest BCUT2D eigenvalue weighted by Gasteiger charge is -2.17. The first-order valence-electron chi connectivity index (χ1n) is 9.63. The maximum absolute atomic E-state index is 12.6. The van der Waals surface area contributed by atoms with Gasteiger partial charge in [-0.2, -0.15) is 5.10 Å². The Morgan fingerprint density at radius 1 is 1.14 bits per heavy atom. The van der Waals surface area contributed by atoms with Gasteiger partial charge in [0.15, 0.2) is 5.65 Å². The number of rotatable bonds is 5. The molecular formula is C20H20N6O3. The molecule has 5 rings (SSSR count). The molecule has 0 spiro atoms. The highest BCUT2D eigenvalue weighted by atomic mass is 16.2. The Balaban J connectivity index is 1.51. The number of aromatic amines is 1. The van der Waals surface area contributed by atoms with Crippen molar-refractivity contribution in [2.45, 2.75) is 31.6 Å². The Labute approximate surface area is 166 Å². The molecule has 3 aromatic rings. The Hall–Kier alpha value is -3.49. The van der Waals surface area contributed by atoms with Gasteiger partial charge in [-0.1, -0.05) is 0 Å². The van der Waals surface area contributed by atoms with Crippen molar-refractivity contribution < 1.29 is 9.59 Å². The van der Waals surface area contributed by atoms with Crippen LogP contribution in [0.2, 0.25) is 0 Å². The number of imidazole rings is 1. The highest BCUT2D eigenvalue weighted by Gasteiger charge is 2.36. The molecule has 2 fully saturated rings. The lowest BCUT2D eigenvalue weighted by molar-refractivity contribution is -0.123. The van der Waals surface area contributed by atoms with Gasteiger partial charge in [0.25, 0.3) is 5.56 Å². The Kier molecular flexibility index (Phi) is 3.97. The summed E-state index contributed by atoms with van der Waals surface area (Å²) >= 11 is 0. The number of nitrogens with one attached hydrogen (secondary N) is 1. The normalized spacial score (nSPS) is 17.0. The number of anilines is 1. The number of aromatic nitrogens is 4. The van der Waals surface area contributed by atoms with E-state index in [1.54, 1.807) is 6.20 Å². The molecule has 29 heavy (non-hydrogen) atoms. The van der Waals surface area contributed by atoms with Crippen molar-refractivity contribution in [3.05, 3.63) is 57.9 Å². The predicted molar refractivity (Wildman–Crippen MR) is 105 cm³/mol. The number of likely N-dealkylation sites (N-methyl/N-ethyl adjacent to an activating group) is 1. The fraction of sp³-hybridized carbons (Fsp3) is 0.350. The van der Waals surface area contributed by atoms with Crippen LogP contribution in [0, 0.1) is 0 Å². The number of amides is 3. The van der Waals surface area contributed by atoms with E-state index in [0.29, 0.717) is 30.1 Å². The summed E-state index contributed by atoms with van der Waals surface area (Å²) in [6.45, 7) is 0.0275. The third-order valence-electron chi connectivity index (χ3n) is 5.52. The van der Waals surface area contributed by atoms with Crippen LogP contribution in [-0.2, 0) is 17.6 Å². The van der Waals surface area contributed by atoms with Gasteiger partial charge in [-0.05, 0) is 48.8 Å². The Morgan fingerprint density at radius 2 is 1.97 bits per heavy atom. The van der Waals surface area contributed by atoms with Crippen molar-refractivity contribution in [2.24, 2.45) is 0 Å². The summed E-state index contributed by atoms with van der Waals surface area (Å²) in [7, 11) is 1.50. The van der Waals surface area contributed by atoms with E-state index in [4.69, 9.17) is 4.98 Å². The second-order valence-electron chi connectivity index (χ2n) is 7.67. The molecule has 2 aliphatic rings. The Morgan fingerprint density at radius 3 is 2.66 bits per heavy atom. The zero-order chi connectivity index (χ0) is 20.1. The zero-order valence-electron chi connectivity index (χ0n) is 16.0. The fourth-order valence-electron chi connectivity index (χ4n) is 3.72. The second-order valence-corrected chi connectivity index (χ2v) is 7.67. The molecule has 0 aromatic carbocycles. The summed E-state index contributed by atoms with van der Waals surface area (Å²) in [6.07, 6.45) is 9.19. The average molecular weight is 392 g/mol. The van der Waals surface area contributed by atoms with Crippen molar-refractivity contribution >= 4 is 23.3 Å². The summed E-state index contributed by atoms with van der Waals surface area (Å²) in [6, 6.07) is 3.20. The van der Waals surface area contributed by atoms with Crippen LogP contribution in [0.1, 0.15) is 35.6 Å². The first-order chi connectivity index (χ1) is 14.0. The number of hydrogen-bond acceptors (Lipinski definition) is 5. The highest BCUT2D eigenvalue weighted by molar-refractivity contribution is 6.13. The molecule has 1 saturated carbocycles. The molecule has 9 heteroatoms. The first-order valence-corrected chi connectivity index (χ1v) is 9.63. The molecule has 4 heterocycles. The number of pyridine rings is 1. The van der Waals surface area contributed by atoms with E-state index < -0.39 is 0 Å². The summed E-state index contributed by atoms with van der Waals surface area (Å²) < 4.78 is 1.95. The van der Waals surface area contributed by atoms with Crippen molar-refractivity contribution in [1.82, 2.24) is 24.5 Å². The number of urea groups is 1. The SMILES string of the molecule is CN1C(=O)CN(c2cc(C3CC3)cn3cc(CCc4cn[nH]c(=O)c4)nc23)C1=O. The molecule has 9 nitrogen and oxygen atoms in total. The van der Waals surface area contributed by atoms with Crippen LogP contribution >= 0.6 is 0 Å². The molecule has 148 valence electrons. The molecule has 0 unspecified atom stereocenters. The van der Waals surface area contributed by atoms with Gasteiger partial charge in [0.2, 0.25) is 5.91 Å². The maximum Gasteiger partial charge on any atom is 0.331 e. The number of aryl methyl sites for hydroxylation is 2. The number of fused-ring (bicyclic) bond motifs is 1. The molecule has 1 N–H and O–H groups in total.